The van der Waals surface area contributed by atoms with Gasteiger partial charge >= 0.3 is 5.97 Å². The summed E-state index contributed by atoms with van der Waals surface area (Å²) in [5, 5.41) is 12.7. The molecule has 1 rings (SSSR count). The topological polar surface area (TPSA) is 58.6 Å². The van der Waals surface area contributed by atoms with Gasteiger partial charge in [0.15, 0.2) is 0 Å². The number of carbonyl (C=O) groups excluding carboxylic acids is 1. The molecule has 0 fully saturated rings. The minimum absolute atomic E-state index is 0.149. The summed E-state index contributed by atoms with van der Waals surface area (Å²) >= 11 is 0. The molecule has 4 heteroatoms. The summed E-state index contributed by atoms with van der Waals surface area (Å²) in [6, 6.07) is 7.32. The molecule has 1 aromatic rings. The largest absolute Gasteiger partial charge is 0.508 e. The Balaban J connectivity index is 2.25. The SMILES string of the molecule is CCOC(=O)CCCNC(C)c1cccc(O)c1. The van der Waals surface area contributed by atoms with Crippen LogP contribution in [0, 0.1) is 0 Å². The van der Waals surface area contributed by atoms with E-state index in [0.29, 0.717) is 13.0 Å². The summed E-state index contributed by atoms with van der Waals surface area (Å²) < 4.78 is 4.85. The highest BCUT2D eigenvalue weighted by Gasteiger charge is 2.06. The molecule has 0 heterocycles. The van der Waals surface area contributed by atoms with Crippen LogP contribution in [0.3, 0.4) is 0 Å². The zero-order valence-corrected chi connectivity index (χ0v) is 11.0. The van der Waals surface area contributed by atoms with Crippen molar-refractivity contribution in [2.45, 2.75) is 32.7 Å². The van der Waals surface area contributed by atoms with Crippen molar-refractivity contribution in [3.05, 3.63) is 29.8 Å². The fourth-order valence-electron chi connectivity index (χ4n) is 1.70. The quantitative estimate of drug-likeness (QED) is 0.577. The number of esters is 1. The molecule has 2 N–H and O–H groups in total. The highest BCUT2D eigenvalue weighted by Crippen LogP contribution is 2.17. The predicted octanol–water partition coefficient (Wildman–Crippen LogP) is 2.39. The molecular weight excluding hydrogens is 230 g/mol. The monoisotopic (exact) mass is 251 g/mol. The van der Waals surface area contributed by atoms with Crippen LogP contribution in [0.25, 0.3) is 0 Å². The number of hydrogen-bond acceptors (Lipinski definition) is 4. The highest BCUT2D eigenvalue weighted by atomic mass is 16.5. The molecule has 18 heavy (non-hydrogen) atoms. The van der Waals surface area contributed by atoms with Crippen LogP contribution >= 0.6 is 0 Å². The maximum Gasteiger partial charge on any atom is 0.305 e. The van der Waals surface area contributed by atoms with Gasteiger partial charge in [0, 0.05) is 12.5 Å². The summed E-state index contributed by atoms with van der Waals surface area (Å²) in [6.45, 7) is 5.01. The third-order valence-corrected chi connectivity index (χ3v) is 2.68. The average molecular weight is 251 g/mol. The minimum Gasteiger partial charge on any atom is -0.508 e. The Morgan fingerprint density at radius 1 is 1.50 bits per heavy atom. The van der Waals surface area contributed by atoms with Crippen LogP contribution in [0.4, 0.5) is 0 Å². The van der Waals surface area contributed by atoms with E-state index in [4.69, 9.17) is 4.74 Å². The summed E-state index contributed by atoms with van der Waals surface area (Å²) in [4.78, 5) is 11.1. The summed E-state index contributed by atoms with van der Waals surface area (Å²) in [5.41, 5.74) is 1.03. The Morgan fingerprint density at radius 2 is 2.28 bits per heavy atom. The van der Waals surface area contributed by atoms with E-state index in [0.717, 1.165) is 18.5 Å². The Labute approximate surface area is 108 Å². The maximum atomic E-state index is 11.1. The maximum absolute atomic E-state index is 11.1. The van der Waals surface area contributed by atoms with Gasteiger partial charge in [-0.25, -0.2) is 0 Å². The van der Waals surface area contributed by atoms with Gasteiger partial charge in [0.2, 0.25) is 0 Å². The Morgan fingerprint density at radius 3 is 2.94 bits per heavy atom. The number of nitrogens with one attached hydrogen (secondary N) is 1. The molecule has 0 radical (unpaired) electrons. The molecule has 1 unspecified atom stereocenters. The summed E-state index contributed by atoms with van der Waals surface area (Å²) in [7, 11) is 0. The molecule has 0 amide bonds. The summed E-state index contributed by atoms with van der Waals surface area (Å²) in [6.07, 6.45) is 1.19. The fourth-order valence-corrected chi connectivity index (χ4v) is 1.70. The van der Waals surface area contributed by atoms with E-state index in [9.17, 15) is 9.90 Å². The molecule has 0 aromatic heterocycles. The van der Waals surface area contributed by atoms with Crippen molar-refractivity contribution < 1.29 is 14.6 Å². The van der Waals surface area contributed by atoms with Gasteiger partial charge in [-0.3, -0.25) is 4.79 Å². The number of carbonyl (C=O) groups is 1. The van der Waals surface area contributed by atoms with Crippen molar-refractivity contribution in [1.82, 2.24) is 5.32 Å². The van der Waals surface area contributed by atoms with E-state index in [1.807, 2.05) is 19.1 Å². The summed E-state index contributed by atoms with van der Waals surface area (Å²) in [5.74, 6) is 0.122. The number of rotatable bonds is 7. The van der Waals surface area contributed by atoms with Crippen molar-refractivity contribution in [2.24, 2.45) is 0 Å². The van der Waals surface area contributed by atoms with E-state index in [1.165, 1.54) is 0 Å². The normalized spacial score (nSPS) is 12.1. The molecule has 0 saturated heterocycles. The zero-order valence-electron chi connectivity index (χ0n) is 11.0. The molecule has 0 bridgehead atoms. The van der Waals surface area contributed by atoms with Crippen LogP contribution in [-0.4, -0.2) is 24.2 Å². The second kappa shape index (κ2) is 7.71. The number of aromatic hydroxyl groups is 1. The van der Waals surface area contributed by atoms with Crippen LogP contribution in [0.15, 0.2) is 24.3 Å². The van der Waals surface area contributed by atoms with Gasteiger partial charge < -0.3 is 15.2 Å². The van der Waals surface area contributed by atoms with Crippen LogP contribution in [0.5, 0.6) is 5.75 Å². The number of hydrogen-bond donors (Lipinski definition) is 2. The molecule has 100 valence electrons. The van der Waals surface area contributed by atoms with E-state index in [1.54, 1.807) is 19.1 Å². The van der Waals surface area contributed by atoms with Crippen molar-refractivity contribution in [2.75, 3.05) is 13.2 Å². The lowest BCUT2D eigenvalue weighted by molar-refractivity contribution is -0.143. The number of phenols is 1. The van der Waals surface area contributed by atoms with Crippen LogP contribution in [0.2, 0.25) is 0 Å². The molecule has 1 atom stereocenters. The van der Waals surface area contributed by atoms with Crippen LogP contribution < -0.4 is 5.32 Å². The molecule has 0 aliphatic carbocycles. The van der Waals surface area contributed by atoms with Crippen LogP contribution in [0.1, 0.15) is 38.3 Å². The van der Waals surface area contributed by atoms with E-state index < -0.39 is 0 Å². The molecule has 0 aliphatic heterocycles. The molecule has 0 saturated carbocycles. The Hall–Kier alpha value is -1.55. The second-order valence-electron chi connectivity index (χ2n) is 4.18. The van der Waals surface area contributed by atoms with Crippen molar-refractivity contribution in [1.29, 1.82) is 0 Å². The van der Waals surface area contributed by atoms with E-state index in [-0.39, 0.29) is 17.8 Å². The molecule has 0 aliphatic rings. The Kier molecular flexibility index (Phi) is 6.22. The highest BCUT2D eigenvalue weighted by molar-refractivity contribution is 5.69. The van der Waals surface area contributed by atoms with Crippen molar-refractivity contribution in [3.8, 4) is 5.75 Å². The lowest BCUT2D eigenvalue weighted by Gasteiger charge is -2.14. The third-order valence-electron chi connectivity index (χ3n) is 2.68. The zero-order chi connectivity index (χ0) is 13.4. The molecule has 4 nitrogen and oxygen atoms in total. The average Bonchev–Trinajstić information content (AvgIpc) is 2.35. The predicted molar refractivity (Wildman–Crippen MR) is 70.4 cm³/mol. The molecular formula is C14H21NO3. The van der Waals surface area contributed by atoms with Gasteiger partial charge in [-0.05, 0) is 44.5 Å². The Bertz CT molecular complexity index is 379. The first-order valence-corrected chi connectivity index (χ1v) is 6.31. The number of phenolic OH excluding ortho intramolecular Hbond substituents is 1. The van der Waals surface area contributed by atoms with Crippen molar-refractivity contribution in [3.63, 3.8) is 0 Å². The van der Waals surface area contributed by atoms with Gasteiger partial charge in [0.25, 0.3) is 0 Å². The van der Waals surface area contributed by atoms with Crippen LogP contribution in [-0.2, 0) is 9.53 Å². The van der Waals surface area contributed by atoms with Gasteiger partial charge in [0.05, 0.1) is 6.61 Å². The lowest BCUT2D eigenvalue weighted by atomic mass is 10.1. The van der Waals surface area contributed by atoms with Gasteiger partial charge in [-0.15, -0.1) is 0 Å². The lowest BCUT2D eigenvalue weighted by Crippen LogP contribution is -2.20. The standard InChI is InChI=1S/C14H21NO3/c1-3-18-14(17)8-5-9-15-11(2)12-6-4-7-13(16)10-12/h4,6-7,10-11,15-16H,3,5,8-9H2,1-2H3. The fraction of sp³-hybridized carbons (Fsp3) is 0.500. The molecule has 1 aromatic carbocycles. The first kappa shape index (κ1) is 14.5. The van der Waals surface area contributed by atoms with Gasteiger partial charge in [-0.1, -0.05) is 12.1 Å². The molecule has 0 spiro atoms. The smallest absolute Gasteiger partial charge is 0.305 e. The number of ether oxygens (including phenoxy) is 1. The van der Waals surface area contributed by atoms with E-state index >= 15 is 0 Å². The first-order valence-electron chi connectivity index (χ1n) is 6.31. The number of benzene rings is 1. The third kappa shape index (κ3) is 5.19. The van der Waals surface area contributed by atoms with E-state index in [2.05, 4.69) is 5.32 Å². The minimum atomic E-state index is -0.149. The van der Waals surface area contributed by atoms with Crippen molar-refractivity contribution >= 4 is 5.97 Å². The first-order chi connectivity index (χ1) is 8.63. The van der Waals surface area contributed by atoms with Gasteiger partial charge in [0.1, 0.15) is 5.75 Å². The second-order valence-corrected chi connectivity index (χ2v) is 4.18. The van der Waals surface area contributed by atoms with Gasteiger partial charge in [-0.2, -0.15) is 0 Å².